The highest BCUT2D eigenvalue weighted by molar-refractivity contribution is 6.74. The number of nitrogens with zero attached hydrogens (tertiary/aromatic N) is 6. The molecule has 35 heavy (non-hydrogen) atoms. The highest BCUT2D eigenvalue weighted by Gasteiger charge is 2.42. The number of hydrogen-bond donors (Lipinski definition) is 2. The Bertz CT molecular complexity index is 1160. The van der Waals surface area contributed by atoms with Gasteiger partial charge in [-0.15, -0.1) is 0 Å². The van der Waals surface area contributed by atoms with Crippen molar-refractivity contribution in [2.24, 2.45) is 11.0 Å². The minimum absolute atomic E-state index is 0.0226. The van der Waals surface area contributed by atoms with Crippen LogP contribution < -0.4 is 10.9 Å². The smallest absolute Gasteiger partial charge is 0.280 e. The Balaban J connectivity index is 1.87. The highest BCUT2D eigenvalue weighted by atomic mass is 28.4. The van der Waals surface area contributed by atoms with Gasteiger partial charge in [-0.1, -0.05) is 39.7 Å². The van der Waals surface area contributed by atoms with Crippen molar-refractivity contribution in [2.45, 2.75) is 77.6 Å². The molecule has 0 saturated carbocycles. The van der Waals surface area contributed by atoms with E-state index in [0.717, 1.165) is 0 Å². The van der Waals surface area contributed by atoms with Gasteiger partial charge in [-0.2, -0.15) is 4.98 Å². The Kier molecular flexibility index (Phi) is 8.02. The molecule has 0 bridgehead atoms. The van der Waals surface area contributed by atoms with Crippen LogP contribution in [0.4, 0.5) is 5.95 Å². The van der Waals surface area contributed by atoms with Gasteiger partial charge in [0.2, 0.25) is 11.9 Å². The van der Waals surface area contributed by atoms with Crippen molar-refractivity contribution in [1.29, 1.82) is 0 Å². The highest BCUT2D eigenvalue weighted by Crippen LogP contribution is 2.38. The van der Waals surface area contributed by atoms with E-state index in [-0.39, 0.29) is 40.7 Å². The van der Waals surface area contributed by atoms with Gasteiger partial charge in [0.05, 0.1) is 19.0 Å². The van der Waals surface area contributed by atoms with Crippen molar-refractivity contribution in [3.63, 3.8) is 0 Å². The van der Waals surface area contributed by atoms with E-state index < -0.39 is 32.3 Å². The van der Waals surface area contributed by atoms with Crippen LogP contribution in [0.25, 0.3) is 21.6 Å². The Morgan fingerprint density at radius 1 is 1.46 bits per heavy atom. The van der Waals surface area contributed by atoms with Crippen molar-refractivity contribution in [3.05, 3.63) is 27.1 Å². The number of nitrogens with one attached hydrogen (secondary N) is 2. The third-order valence-electron chi connectivity index (χ3n) is 6.51. The first-order chi connectivity index (χ1) is 16.3. The molecule has 3 atom stereocenters. The summed E-state index contributed by atoms with van der Waals surface area (Å²) in [7, 11) is -2.05. The molecule has 0 spiro atoms. The molecule has 14 heteroatoms. The zero-order valence-corrected chi connectivity index (χ0v) is 22.2. The van der Waals surface area contributed by atoms with Crippen molar-refractivity contribution in [1.82, 2.24) is 19.5 Å². The predicted octanol–water partition coefficient (Wildman–Crippen LogP) is 3.68. The fourth-order valence-corrected chi connectivity index (χ4v) is 4.33. The molecule has 1 aliphatic heterocycles. The maximum atomic E-state index is 12.5. The van der Waals surface area contributed by atoms with Gasteiger partial charge in [0.15, 0.2) is 19.5 Å². The summed E-state index contributed by atoms with van der Waals surface area (Å²) in [5, 5.41) is 6.11. The summed E-state index contributed by atoms with van der Waals surface area (Å²) >= 11 is 0. The Morgan fingerprint density at radius 3 is 2.80 bits per heavy atom. The minimum Gasteiger partial charge on any atom is -0.414 e. The number of aromatic nitrogens is 4. The van der Waals surface area contributed by atoms with Crippen molar-refractivity contribution >= 4 is 31.3 Å². The molecular weight excluding hydrogens is 472 g/mol. The molecule has 0 aromatic carbocycles. The summed E-state index contributed by atoms with van der Waals surface area (Å²) in [6, 6.07) is 0. The first-order valence-electron chi connectivity index (χ1n) is 11.5. The van der Waals surface area contributed by atoms with Gasteiger partial charge in [-0.05, 0) is 23.7 Å². The summed E-state index contributed by atoms with van der Waals surface area (Å²) in [5.41, 5.74) is 8.55. The van der Waals surface area contributed by atoms with Crippen LogP contribution in [0.15, 0.2) is 16.2 Å². The number of azide groups is 1. The van der Waals surface area contributed by atoms with E-state index in [4.69, 9.17) is 19.4 Å². The van der Waals surface area contributed by atoms with E-state index in [9.17, 15) is 9.59 Å². The number of amides is 1. The van der Waals surface area contributed by atoms with Crippen LogP contribution in [-0.2, 0) is 18.7 Å². The molecule has 13 nitrogen and oxygen atoms in total. The van der Waals surface area contributed by atoms with Crippen LogP contribution >= 0.6 is 0 Å². The van der Waals surface area contributed by atoms with E-state index in [1.54, 1.807) is 18.4 Å². The predicted molar refractivity (Wildman–Crippen MR) is 132 cm³/mol. The number of carbonyl (C=O) groups excluding carboxylic acids is 1. The van der Waals surface area contributed by atoms with Gasteiger partial charge in [0.1, 0.15) is 19.1 Å². The standard InChI is InChI=1S/C21H34N8O5Si/c1-12(2)18(30)26-20-25-17-16(19(31)27-20)23-10-29(17)15-8-13(32-11-24-28-22)14(34-15)9-33-35(6,7)21(3,4)5/h10,12-15H,8-9,11H2,1-7H3,(H2,25,26,27,30,31)/t13?,14-,15-/m1/s1. The number of H-pyrrole nitrogens is 1. The number of anilines is 1. The average molecular weight is 507 g/mol. The Labute approximate surface area is 204 Å². The zero-order chi connectivity index (χ0) is 26.0. The lowest BCUT2D eigenvalue weighted by atomic mass is 10.2. The average Bonchev–Trinajstić information content (AvgIpc) is 3.36. The SMILES string of the molecule is CC(C)C(=O)Nc1nc2c(ncn2[C@H]2CC(OCN=[N+]=[N-])[C@@H](CO[Si](C)(C)C(C)(C)C)O2)c(=O)[nH]1. The van der Waals surface area contributed by atoms with Crippen LogP contribution in [-0.4, -0.2) is 59.3 Å². The molecule has 3 heterocycles. The molecule has 1 amide bonds. The van der Waals surface area contributed by atoms with Crippen LogP contribution in [0.1, 0.15) is 47.3 Å². The number of fused-ring (bicyclic) bond motifs is 1. The molecule has 1 saturated heterocycles. The van der Waals surface area contributed by atoms with Crippen LogP contribution in [0.2, 0.25) is 18.1 Å². The second-order valence-electron chi connectivity index (χ2n) is 10.4. The van der Waals surface area contributed by atoms with E-state index >= 15 is 0 Å². The molecule has 0 radical (unpaired) electrons. The molecule has 3 rings (SSSR count). The molecule has 2 aromatic rings. The number of carbonyl (C=O) groups is 1. The lowest BCUT2D eigenvalue weighted by molar-refractivity contribution is -0.118. The molecule has 1 aliphatic rings. The number of hydrogen-bond acceptors (Lipinski definition) is 8. The summed E-state index contributed by atoms with van der Waals surface area (Å²) in [6.07, 6.45) is 0.497. The number of ether oxygens (including phenoxy) is 2. The summed E-state index contributed by atoms with van der Waals surface area (Å²) in [4.78, 5) is 38.5. The quantitative estimate of drug-likeness (QED) is 0.226. The monoisotopic (exact) mass is 506 g/mol. The van der Waals surface area contributed by atoms with Crippen molar-refractivity contribution in [3.8, 4) is 0 Å². The molecular formula is C21H34N8O5Si. The van der Waals surface area contributed by atoms with Gasteiger partial charge in [-0.3, -0.25) is 24.5 Å². The lowest BCUT2D eigenvalue weighted by Gasteiger charge is -2.37. The van der Waals surface area contributed by atoms with Crippen molar-refractivity contribution in [2.75, 3.05) is 18.7 Å². The fourth-order valence-electron chi connectivity index (χ4n) is 3.32. The first-order valence-corrected chi connectivity index (χ1v) is 14.4. The topological polar surface area (TPSA) is 169 Å². The summed E-state index contributed by atoms with van der Waals surface area (Å²) < 4.78 is 20.1. The molecule has 2 N–H and O–H groups in total. The largest absolute Gasteiger partial charge is 0.414 e. The van der Waals surface area contributed by atoms with Gasteiger partial charge < -0.3 is 13.9 Å². The second kappa shape index (κ2) is 10.5. The van der Waals surface area contributed by atoms with Crippen LogP contribution in [0.5, 0.6) is 0 Å². The number of imidazole rings is 1. The third kappa shape index (κ3) is 6.08. The van der Waals surface area contributed by atoms with Gasteiger partial charge in [0.25, 0.3) is 5.56 Å². The molecule has 1 fully saturated rings. The van der Waals surface area contributed by atoms with Gasteiger partial charge >= 0.3 is 0 Å². The summed E-state index contributed by atoms with van der Waals surface area (Å²) in [5.74, 6) is -0.519. The summed E-state index contributed by atoms with van der Waals surface area (Å²) in [6.45, 7) is 14.4. The lowest BCUT2D eigenvalue weighted by Crippen LogP contribution is -2.44. The molecule has 192 valence electrons. The molecule has 1 unspecified atom stereocenters. The molecule has 2 aromatic heterocycles. The maximum absolute atomic E-state index is 12.5. The van der Waals surface area contributed by atoms with E-state index in [1.807, 2.05) is 0 Å². The zero-order valence-electron chi connectivity index (χ0n) is 21.2. The fraction of sp³-hybridized carbons (Fsp3) is 0.714. The third-order valence-corrected chi connectivity index (χ3v) is 11.0. The second-order valence-corrected chi connectivity index (χ2v) is 15.2. The van der Waals surface area contributed by atoms with E-state index in [1.165, 1.54) is 6.33 Å². The first kappa shape index (κ1) is 26.8. The van der Waals surface area contributed by atoms with Gasteiger partial charge in [-0.25, -0.2) is 4.98 Å². The Morgan fingerprint density at radius 2 is 2.17 bits per heavy atom. The van der Waals surface area contributed by atoms with Crippen LogP contribution in [0.3, 0.4) is 0 Å². The maximum Gasteiger partial charge on any atom is 0.280 e. The Hall–Kier alpha value is -2.77. The number of aromatic amines is 1. The molecule has 0 aliphatic carbocycles. The number of rotatable bonds is 9. The van der Waals surface area contributed by atoms with Crippen LogP contribution in [0, 0.1) is 5.92 Å². The van der Waals surface area contributed by atoms with Gasteiger partial charge in [0, 0.05) is 17.3 Å². The normalized spacial score (nSPS) is 20.9. The van der Waals surface area contributed by atoms with E-state index in [2.05, 4.69) is 64.2 Å². The van der Waals surface area contributed by atoms with Crippen molar-refractivity contribution < 1.29 is 18.7 Å². The minimum atomic E-state index is -2.05. The van der Waals surface area contributed by atoms with E-state index in [0.29, 0.717) is 13.0 Å².